The van der Waals surface area contributed by atoms with Crippen molar-refractivity contribution in [3.63, 3.8) is 0 Å². The first-order valence-corrected chi connectivity index (χ1v) is 9.46. The van der Waals surface area contributed by atoms with Gasteiger partial charge in [0.1, 0.15) is 6.61 Å². The molecule has 1 fully saturated rings. The first-order valence-electron chi connectivity index (χ1n) is 9.46. The number of carbonyl (C=O) groups excluding carboxylic acids is 2. The second kappa shape index (κ2) is 10.2. The fraction of sp³-hybridized carbons (Fsp3) is 0.600. The minimum Gasteiger partial charge on any atom is -0.375 e. The molecule has 144 valence electrons. The Hall–Kier alpha value is -2.08. The van der Waals surface area contributed by atoms with Crippen LogP contribution in [0.3, 0.4) is 0 Å². The highest BCUT2D eigenvalue weighted by molar-refractivity contribution is 5.78. The van der Waals surface area contributed by atoms with Crippen molar-refractivity contribution < 1.29 is 14.3 Å². The Kier molecular flexibility index (Phi) is 7.91. The second-order valence-corrected chi connectivity index (χ2v) is 6.82. The molecule has 0 spiro atoms. The Morgan fingerprint density at radius 2 is 1.77 bits per heavy atom. The summed E-state index contributed by atoms with van der Waals surface area (Å²) in [6.07, 6.45) is 2.99. The second-order valence-electron chi connectivity index (χ2n) is 6.82. The Morgan fingerprint density at radius 1 is 1.12 bits per heavy atom. The number of ether oxygens (including phenoxy) is 1. The first kappa shape index (κ1) is 20.2. The molecular formula is C20H31N3O3. The number of amides is 3. The van der Waals surface area contributed by atoms with Gasteiger partial charge < -0.3 is 19.9 Å². The zero-order chi connectivity index (χ0) is 18.9. The fourth-order valence-corrected chi connectivity index (χ4v) is 3.21. The molecule has 1 aliphatic rings. The van der Waals surface area contributed by atoms with E-state index in [1.165, 1.54) is 12.7 Å². The quantitative estimate of drug-likeness (QED) is 0.847. The topological polar surface area (TPSA) is 61.9 Å². The number of hydrogen-bond acceptors (Lipinski definition) is 3. The normalized spacial score (nSPS) is 16.1. The zero-order valence-corrected chi connectivity index (χ0v) is 16.2. The van der Waals surface area contributed by atoms with Gasteiger partial charge in [-0.05, 0) is 30.9 Å². The van der Waals surface area contributed by atoms with Gasteiger partial charge in [-0.1, -0.05) is 37.6 Å². The molecule has 0 bridgehead atoms. The van der Waals surface area contributed by atoms with Gasteiger partial charge in [-0.3, -0.25) is 4.79 Å². The number of nitrogens with zero attached hydrogens (tertiary/aromatic N) is 2. The zero-order valence-electron chi connectivity index (χ0n) is 16.2. The molecule has 1 aromatic rings. The number of urea groups is 1. The highest BCUT2D eigenvalue weighted by Crippen LogP contribution is 2.15. The van der Waals surface area contributed by atoms with Crippen LogP contribution in [0.15, 0.2) is 24.3 Å². The van der Waals surface area contributed by atoms with E-state index in [2.05, 4.69) is 36.5 Å². The highest BCUT2D eigenvalue weighted by atomic mass is 16.5. The van der Waals surface area contributed by atoms with Crippen LogP contribution in [-0.4, -0.2) is 61.6 Å². The summed E-state index contributed by atoms with van der Waals surface area (Å²) in [4.78, 5) is 28.1. The Labute approximate surface area is 156 Å². The minimum atomic E-state index is -0.0730. The standard InChI is InChI=1S/C20H31N3O3/c1-4-6-17-7-9-18(10-8-17)16(2)21-20(25)23-12-5-11-22(13-14-23)19(24)15-26-3/h7-10,16H,4-6,11-15H2,1-3H3,(H,21,25). The first-order chi connectivity index (χ1) is 12.5. The molecule has 0 saturated carbocycles. The molecule has 1 unspecified atom stereocenters. The average Bonchev–Trinajstić information content (AvgIpc) is 2.89. The van der Waals surface area contributed by atoms with Crippen molar-refractivity contribution in [2.45, 2.75) is 39.2 Å². The van der Waals surface area contributed by atoms with Crippen molar-refractivity contribution in [3.05, 3.63) is 35.4 Å². The molecule has 1 aliphatic heterocycles. The molecule has 6 heteroatoms. The van der Waals surface area contributed by atoms with Gasteiger partial charge >= 0.3 is 6.03 Å². The number of aryl methyl sites for hydroxylation is 1. The van der Waals surface area contributed by atoms with Crippen LogP contribution >= 0.6 is 0 Å². The van der Waals surface area contributed by atoms with Crippen molar-refractivity contribution >= 4 is 11.9 Å². The van der Waals surface area contributed by atoms with Crippen LogP contribution < -0.4 is 5.32 Å². The molecule has 0 radical (unpaired) electrons. The van der Waals surface area contributed by atoms with Gasteiger partial charge in [0.15, 0.2) is 0 Å². The van der Waals surface area contributed by atoms with Crippen LogP contribution in [0.1, 0.15) is 43.9 Å². The fourth-order valence-electron chi connectivity index (χ4n) is 3.21. The number of nitrogens with one attached hydrogen (secondary N) is 1. The third-order valence-corrected chi connectivity index (χ3v) is 4.76. The maximum Gasteiger partial charge on any atom is 0.317 e. The van der Waals surface area contributed by atoms with E-state index >= 15 is 0 Å². The predicted octanol–water partition coefficient (Wildman–Crippen LogP) is 2.59. The van der Waals surface area contributed by atoms with Gasteiger partial charge in [0, 0.05) is 33.3 Å². The number of hydrogen-bond donors (Lipinski definition) is 1. The molecule has 2 rings (SSSR count). The maximum atomic E-state index is 12.6. The molecule has 1 N–H and O–H groups in total. The van der Waals surface area contributed by atoms with Crippen molar-refractivity contribution in [3.8, 4) is 0 Å². The van der Waals surface area contributed by atoms with Crippen LogP contribution in [0.25, 0.3) is 0 Å². The summed E-state index contributed by atoms with van der Waals surface area (Å²) in [5, 5.41) is 3.07. The largest absolute Gasteiger partial charge is 0.375 e. The lowest BCUT2D eigenvalue weighted by Gasteiger charge is -2.24. The predicted molar refractivity (Wildman–Crippen MR) is 102 cm³/mol. The summed E-state index contributed by atoms with van der Waals surface area (Å²) in [7, 11) is 1.52. The van der Waals surface area contributed by atoms with Crippen LogP contribution in [0.4, 0.5) is 4.79 Å². The Bertz CT molecular complexity index is 588. The molecule has 3 amide bonds. The molecule has 0 aromatic heterocycles. The number of benzene rings is 1. The summed E-state index contributed by atoms with van der Waals surface area (Å²) in [5.74, 6) is -0.0182. The SMILES string of the molecule is CCCc1ccc(C(C)NC(=O)N2CCCN(C(=O)COC)CC2)cc1. The van der Waals surface area contributed by atoms with Gasteiger partial charge in [0.25, 0.3) is 0 Å². The molecule has 1 heterocycles. The molecule has 0 aliphatic carbocycles. The lowest BCUT2D eigenvalue weighted by Crippen LogP contribution is -2.43. The van der Waals surface area contributed by atoms with Gasteiger partial charge in [-0.15, -0.1) is 0 Å². The van der Waals surface area contributed by atoms with E-state index in [9.17, 15) is 9.59 Å². The maximum absolute atomic E-state index is 12.6. The number of methoxy groups -OCH3 is 1. The van der Waals surface area contributed by atoms with Gasteiger partial charge in [-0.25, -0.2) is 4.79 Å². The lowest BCUT2D eigenvalue weighted by atomic mass is 10.0. The van der Waals surface area contributed by atoms with Crippen molar-refractivity contribution in [1.82, 2.24) is 15.1 Å². The van der Waals surface area contributed by atoms with E-state index < -0.39 is 0 Å². The molecule has 1 aromatic carbocycles. The van der Waals surface area contributed by atoms with Crippen molar-refractivity contribution in [1.29, 1.82) is 0 Å². The van der Waals surface area contributed by atoms with E-state index in [-0.39, 0.29) is 24.6 Å². The molecule has 1 saturated heterocycles. The van der Waals surface area contributed by atoms with E-state index in [1.807, 2.05) is 6.92 Å². The Morgan fingerprint density at radius 3 is 2.42 bits per heavy atom. The minimum absolute atomic E-state index is 0.0182. The smallest absolute Gasteiger partial charge is 0.317 e. The summed E-state index contributed by atoms with van der Waals surface area (Å²) >= 11 is 0. The molecule has 1 atom stereocenters. The van der Waals surface area contributed by atoms with Gasteiger partial charge in [0.2, 0.25) is 5.91 Å². The lowest BCUT2D eigenvalue weighted by molar-refractivity contribution is -0.135. The number of carbonyl (C=O) groups is 2. The third kappa shape index (κ3) is 5.73. The number of rotatable bonds is 6. The van der Waals surface area contributed by atoms with E-state index in [1.54, 1.807) is 9.80 Å². The van der Waals surface area contributed by atoms with E-state index in [0.29, 0.717) is 26.2 Å². The highest BCUT2D eigenvalue weighted by Gasteiger charge is 2.22. The van der Waals surface area contributed by atoms with Crippen molar-refractivity contribution in [2.75, 3.05) is 39.9 Å². The Balaban J connectivity index is 1.87. The molecule has 6 nitrogen and oxygen atoms in total. The van der Waals surface area contributed by atoms with Crippen LogP contribution in [0, 0.1) is 0 Å². The third-order valence-electron chi connectivity index (χ3n) is 4.76. The average molecular weight is 361 g/mol. The van der Waals surface area contributed by atoms with Gasteiger partial charge in [0.05, 0.1) is 6.04 Å². The summed E-state index contributed by atoms with van der Waals surface area (Å²) in [6.45, 7) is 6.68. The molecule has 26 heavy (non-hydrogen) atoms. The van der Waals surface area contributed by atoms with Crippen LogP contribution in [0.5, 0.6) is 0 Å². The summed E-state index contributed by atoms with van der Waals surface area (Å²) in [5.41, 5.74) is 2.42. The van der Waals surface area contributed by atoms with Crippen molar-refractivity contribution in [2.24, 2.45) is 0 Å². The van der Waals surface area contributed by atoms with Gasteiger partial charge in [-0.2, -0.15) is 0 Å². The van der Waals surface area contributed by atoms with E-state index in [4.69, 9.17) is 4.74 Å². The summed E-state index contributed by atoms with van der Waals surface area (Å²) in [6, 6.07) is 8.32. The van der Waals surface area contributed by atoms with E-state index in [0.717, 1.165) is 24.8 Å². The van der Waals surface area contributed by atoms with Crippen LogP contribution in [0.2, 0.25) is 0 Å². The molecular weight excluding hydrogens is 330 g/mol. The monoisotopic (exact) mass is 361 g/mol. The van der Waals surface area contributed by atoms with Crippen LogP contribution in [-0.2, 0) is 16.0 Å². The summed E-state index contributed by atoms with van der Waals surface area (Å²) < 4.78 is 4.91.